The molecule has 10 heteroatoms. The minimum absolute atomic E-state index is 0.0442. The Hall–Kier alpha value is -3.67. The Morgan fingerprint density at radius 1 is 1.04 bits per heavy atom. The molecule has 4 fully saturated rings. The molecule has 0 unspecified atom stereocenters. The molecule has 274 valence electrons. The van der Waals surface area contributed by atoms with Crippen LogP contribution in [-0.2, 0) is 15.1 Å². The van der Waals surface area contributed by atoms with Crippen LogP contribution in [0.3, 0.4) is 0 Å². The third-order valence-corrected chi connectivity index (χ3v) is 12.0. The molecule has 0 radical (unpaired) electrons. The Kier molecular flexibility index (Phi) is 10.9. The summed E-state index contributed by atoms with van der Waals surface area (Å²) >= 11 is 0. The molecule has 1 saturated carbocycles. The topological polar surface area (TPSA) is 130 Å². The monoisotopic (exact) mass is 700 g/mol. The van der Waals surface area contributed by atoms with Crippen molar-refractivity contribution in [2.24, 2.45) is 11.8 Å². The Morgan fingerprint density at radius 3 is 2.53 bits per heavy atom. The molecule has 51 heavy (non-hydrogen) atoms. The van der Waals surface area contributed by atoms with Gasteiger partial charge in [-0.2, -0.15) is 0 Å². The summed E-state index contributed by atoms with van der Waals surface area (Å²) in [5.41, 5.74) is 1.91. The number of aliphatic hydroxyl groups excluding tert-OH is 1. The van der Waals surface area contributed by atoms with E-state index in [0.29, 0.717) is 36.1 Å². The van der Waals surface area contributed by atoms with E-state index in [2.05, 4.69) is 22.8 Å². The maximum Gasteiger partial charge on any atom is 0.262 e. The van der Waals surface area contributed by atoms with Crippen molar-refractivity contribution in [1.82, 2.24) is 5.32 Å². The highest BCUT2D eigenvalue weighted by Crippen LogP contribution is 2.43. The van der Waals surface area contributed by atoms with Gasteiger partial charge in [0.15, 0.2) is 6.61 Å². The molecular formula is C41H54N3O7+. The van der Waals surface area contributed by atoms with Crippen molar-refractivity contribution in [1.29, 1.82) is 0 Å². The lowest BCUT2D eigenvalue weighted by Gasteiger charge is -2.53. The van der Waals surface area contributed by atoms with Gasteiger partial charge in [0, 0.05) is 49.4 Å². The molecule has 4 aliphatic heterocycles. The molecule has 0 aromatic heterocycles. The summed E-state index contributed by atoms with van der Waals surface area (Å²) in [5.74, 6) is 1.70. The van der Waals surface area contributed by atoms with Gasteiger partial charge in [0.05, 0.1) is 44.6 Å². The number of hydrogen-bond donors (Lipinski definition) is 5. The van der Waals surface area contributed by atoms with Crippen molar-refractivity contribution in [2.45, 2.75) is 75.7 Å². The molecule has 3 aromatic rings. The Labute approximate surface area is 301 Å². The average Bonchev–Trinajstić information content (AvgIpc) is 3.71. The first-order valence-electron chi connectivity index (χ1n) is 18.9. The van der Waals surface area contributed by atoms with E-state index in [9.17, 15) is 20.1 Å². The number of ether oxygens (including phenoxy) is 3. The fourth-order valence-electron chi connectivity index (χ4n) is 8.95. The summed E-state index contributed by atoms with van der Waals surface area (Å²) in [7, 11) is 0. The zero-order valence-electron chi connectivity index (χ0n) is 29.8. The second kappa shape index (κ2) is 15.5. The number of amides is 1. The molecule has 4 heterocycles. The molecule has 3 aromatic carbocycles. The Morgan fingerprint density at radius 2 is 1.78 bits per heavy atom. The van der Waals surface area contributed by atoms with Crippen molar-refractivity contribution < 1.29 is 38.8 Å². The smallest absolute Gasteiger partial charge is 0.262 e. The van der Waals surface area contributed by atoms with Crippen molar-refractivity contribution in [3.63, 3.8) is 0 Å². The van der Waals surface area contributed by atoms with Gasteiger partial charge in [0.1, 0.15) is 35.5 Å². The van der Waals surface area contributed by atoms with Crippen molar-refractivity contribution in [3.05, 3.63) is 83.4 Å². The van der Waals surface area contributed by atoms with Gasteiger partial charge in [0.25, 0.3) is 5.91 Å². The van der Waals surface area contributed by atoms with Crippen molar-refractivity contribution >= 4 is 11.6 Å². The number of phenolic OH excluding ortho intramolecular Hbond substituents is 1. The number of carbonyl (C=O) groups excluding carboxylic acids is 1. The number of nitrogens with one attached hydrogen (secondary N) is 2. The van der Waals surface area contributed by atoms with Crippen LogP contribution in [0.4, 0.5) is 5.69 Å². The minimum Gasteiger partial charge on any atom is -0.508 e. The third kappa shape index (κ3) is 8.05. The summed E-state index contributed by atoms with van der Waals surface area (Å²) in [6.07, 6.45) is 7.08. The average molecular weight is 701 g/mol. The number of quaternary nitrogens is 1. The summed E-state index contributed by atoms with van der Waals surface area (Å²) in [6, 6.07) is 21.1. The molecular weight excluding hydrogens is 646 g/mol. The van der Waals surface area contributed by atoms with E-state index in [1.54, 1.807) is 0 Å². The van der Waals surface area contributed by atoms with Crippen LogP contribution in [0.2, 0.25) is 0 Å². The van der Waals surface area contributed by atoms with E-state index in [4.69, 9.17) is 14.2 Å². The van der Waals surface area contributed by atoms with Crippen LogP contribution in [0.25, 0.3) is 0 Å². The first-order chi connectivity index (χ1) is 24.7. The SMILES string of the molecule is C[C@H](NC[C@H](O)c1cc(O)cc2c1OCC(=O)N2)c1ccc(OCCC[N+]23CCC(CC2)[C@@H](OC[C@@](O)(c2ccccc2)C2CCCC2)C3)cc1. The maximum atomic E-state index is 12.0. The van der Waals surface area contributed by atoms with Gasteiger partial charge < -0.3 is 44.6 Å². The van der Waals surface area contributed by atoms with Crippen LogP contribution in [-0.4, -0.2) is 84.4 Å². The quantitative estimate of drug-likeness (QED) is 0.103. The number of piperidine rings is 3. The predicted octanol–water partition coefficient (Wildman–Crippen LogP) is 5.58. The molecule has 0 spiro atoms. The van der Waals surface area contributed by atoms with Crippen molar-refractivity contribution in [3.8, 4) is 17.2 Å². The number of anilines is 1. The zero-order chi connectivity index (χ0) is 35.4. The van der Waals surface area contributed by atoms with E-state index in [1.165, 1.54) is 50.9 Å². The molecule has 1 amide bonds. The summed E-state index contributed by atoms with van der Waals surface area (Å²) < 4.78 is 19.5. The number of carbonyl (C=O) groups is 1. The summed E-state index contributed by atoms with van der Waals surface area (Å²) in [5, 5.41) is 39.1. The number of benzene rings is 3. The lowest BCUT2D eigenvalue weighted by molar-refractivity contribution is -0.946. The maximum absolute atomic E-state index is 12.0. The first-order valence-corrected chi connectivity index (χ1v) is 18.9. The Balaban J connectivity index is 0.868. The lowest BCUT2D eigenvalue weighted by Crippen LogP contribution is -2.65. The minimum atomic E-state index is -0.945. The van der Waals surface area contributed by atoms with Crippen molar-refractivity contribution in [2.75, 3.05) is 57.9 Å². The van der Waals surface area contributed by atoms with Crippen LogP contribution in [0.15, 0.2) is 66.7 Å². The van der Waals surface area contributed by atoms with E-state index in [1.807, 2.05) is 49.4 Å². The molecule has 5 aliphatic rings. The van der Waals surface area contributed by atoms with E-state index < -0.39 is 11.7 Å². The summed E-state index contributed by atoms with van der Waals surface area (Å²) in [6.45, 7) is 7.64. The van der Waals surface area contributed by atoms with Gasteiger partial charge >= 0.3 is 0 Å². The molecule has 2 bridgehead atoms. The summed E-state index contributed by atoms with van der Waals surface area (Å²) in [4.78, 5) is 11.7. The number of nitrogens with zero attached hydrogens (tertiary/aromatic N) is 1. The van der Waals surface area contributed by atoms with Gasteiger partial charge in [-0.05, 0) is 55.0 Å². The van der Waals surface area contributed by atoms with Gasteiger partial charge in [0.2, 0.25) is 0 Å². The fourth-order valence-corrected chi connectivity index (χ4v) is 8.95. The van der Waals surface area contributed by atoms with Crippen LogP contribution in [0.1, 0.15) is 80.7 Å². The van der Waals surface area contributed by atoms with E-state index in [-0.39, 0.29) is 42.9 Å². The highest BCUT2D eigenvalue weighted by Gasteiger charge is 2.48. The number of aliphatic hydroxyl groups is 2. The van der Waals surface area contributed by atoms with Crippen LogP contribution in [0, 0.1) is 11.8 Å². The second-order valence-corrected chi connectivity index (χ2v) is 15.3. The van der Waals surface area contributed by atoms with Gasteiger partial charge in [-0.3, -0.25) is 4.79 Å². The molecule has 5 N–H and O–H groups in total. The van der Waals surface area contributed by atoms with Crippen LogP contribution < -0.4 is 20.1 Å². The molecule has 4 atom stereocenters. The third-order valence-electron chi connectivity index (χ3n) is 12.0. The zero-order valence-corrected chi connectivity index (χ0v) is 29.8. The van der Waals surface area contributed by atoms with Gasteiger partial charge in [-0.1, -0.05) is 55.3 Å². The number of hydrogen-bond acceptors (Lipinski definition) is 8. The number of fused-ring (bicyclic) bond motifs is 4. The predicted molar refractivity (Wildman–Crippen MR) is 195 cm³/mol. The standard InChI is InChI=1S/C41H53N3O7/c1-28(42-24-37(46)35-22-33(45)23-36-40(35)50-26-39(47)43-36)29-12-14-34(15-13-29)49-21-7-18-44-19-16-30(17-20-44)38(25-44)51-27-41(48,32-10-5-6-11-32)31-8-3-2-4-9-31/h2-4,8-9,12-15,22-23,28,30,32,37-38,42,46,48H,5-7,10-11,16-21,24-27H2,1H3,(H-,43,45,47)/p+1/t28-,30?,37-,38-,41+,44?/m0/s1. The molecule has 8 rings (SSSR count). The Bertz CT molecular complexity index is 1620. The lowest BCUT2D eigenvalue weighted by atomic mass is 9.80. The van der Waals surface area contributed by atoms with E-state index >= 15 is 0 Å². The van der Waals surface area contributed by atoms with Gasteiger partial charge in [-0.25, -0.2) is 0 Å². The first kappa shape index (κ1) is 35.7. The van der Waals surface area contributed by atoms with E-state index in [0.717, 1.165) is 53.7 Å². The second-order valence-electron chi connectivity index (χ2n) is 15.3. The van der Waals surface area contributed by atoms with Gasteiger partial charge in [-0.15, -0.1) is 0 Å². The highest BCUT2D eigenvalue weighted by molar-refractivity contribution is 5.96. The normalized spacial score (nSPS) is 25.4. The van der Waals surface area contributed by atoms with Crippen LogP contribution in [0.5, 0.6) is 17.2 Å². The highest BCUT2D eigenvalue weighted by atomic mass is 16.5. The molecule has 1 aliphatic carbocycles. The number of phenols is 1. The molecule has 10 nitrogen and oxygen atoms in total. The fraction of sp³-hybridized carbons (Fsp3) is 0.537. The van der Waals surface area contributed by atoms with Crippen LogP contribution >= 0.6 is 0 Å². The largest absolute Gasteiger partial charge is 0.508 e. The molecule has 3 saturated heterocycles. The number of rotatable bonds is 15. The number of aromatic hydroxyl groups is 1.